The lowest BCUT2D eigenvalue weighted by Gasteiger charge is -2.58. The monoisotopic (exact) mass is 400 g/mol. The van der Waals surface area contributed by atoms with Crippen LogP contribution >= 0.6 is 0 Å². The van der Waals surface area contributed by atoms with Gasteiger partial charge in [0.25, 0.3) is 0 Å². The number of hydrogen-bond donors (Lipinski definition) is 0. The van der Waals surface area contributed by atoms with Crippen LogP contribution in [0.25, 0.3) is 0 Å². The van der Waals surface area contributed by atoms with Crippen LogP contribution in [-0.4, -0.2) is 19.0 Å². The molecule has 164 valence electrons. The summed E-state index contributed by atoms with van der Waals surface area (Å²) in [6.45, 7) is 9.79. The number of ether oxygens (including phenoxy) is 1. The molecular formula is C27H44O2. The Morgan fingerprint density at radius 1 is 1.03 bits per heavy atom. The number of methoxy groups -OCH3 is 1. The third-order valence-electron chi connectivity index (χ3n) is 10.1. The van der Waals surface area contributed by atoms with Crippen LogP contribution in [0.4, 0.5) is 0 Å². The quantitative estimate of drug-likeness (QED) is 0.481. The highest BCUT2D eigenvalue weighted by molar-refractivity contribution is 5.91. The van der Waals surface area contributed by atoms with E-state index in [0.717, 1.165) is 42.4 Å². The highest BCUT2D eigenvalue weighted by Crippen LogP contribution is 2.67. The predicted molar refractivity (Wildman–Crippen MR) is 120 cm³/mol. The highest BCUT2D eigenvalue weighted by atomic mass is 16.5. The average Bonchev–Trinajstić information content (AvgIpc) is 3.03. The zero-order valence-corrected chi connectivity index (χ0v) is 19.6. The first-order chi connectivity index (χ1) is 13.8. The maximum absolute atomic E-state index is 12.0. The summed E-state index contributed by atoms with van der Waals surface area (Å²) in [5.41, 5.74) is 2.26. The van der Waals surface area contributed by atoms with Crippen molar-refractivity contribution in [2.24, 2.45) is 40.4 Å². The molecule has 29 heavy (non-hydrogen) atoms. The summed E-state index contributed by atoms with van der Waals surface area (Å²) in [4.78, 5) is 12.0. The van der Waals surface area contributed by atoms with E-state index in [4.69, 9.17) is 4.74 Å². The van der Waals surface area contributed by atoms with E-state index in [-0.39, 0.29) is 0 Å². The number of carbonyl (C=O) groups is 1. The van der Waals surface area contributed by atoms with Gasteiger partial charge in [0.1, 0.15) is 0 Å². The molecule has 0 aromatic heterocycles. The van der Waals surface area contributed by atoms with Crippen LogP contribution in [0.5, 0.6) is 0 Å². The minimum atomic E-state index is 0.300. The second-order valence-electron chi connectivity index (χ2n) is 11.8. The molecule has 0 aliphatic heterocycles. The lowest BCUT2D eigenvalue weighted by molar-refractivity contribution is -0.118. The van der Waals surface area contributed by atoms with Crippen LogP contribution in [0.2, 0.25) is 0 Å². The van der Waals surface area contributed by atoms with Crippen LogP contribution in [0, 0.1) is 40.4 Å². The standard InChI is InChI=1S/C27H44O2/c1-18(2)7-6-8-25(29-5)24-12-11-22-21-10-9-19-17-20(28)13-15-26(19,3)23(21)14-16-27(22,24)4/h17-18,21-25H,6-16H2,1-5H3/t21?,22?,23?,24?,25-,26-,27-/m0/s1. The molecule has 0 bridgehead atoms. The molecular weight excluding hydrogens is 356 g/mol. The fourth-order valence-corrected chi connectivity index (χ4v) is 8.42. The van der Waals surface area contributed by atoms with Crippen molar-refractivity contribution >= 4 is 5.78 Å². The Morgan fingerprint density at radius 3 is 2.55 bits per heavy atom. The van der Waals surface area contributed by atoms with E-state index in [1.54, 1.807) is 0 Å². The summed E-state index contributed by atoms with van der Waals surface area (Å²) < 4.78 is 6.14. The van der Waals surface area contributed by atoms with Gasteiger partial charge in [0.2, 0.25) is 0 Å². The van der Waals surface area contributed by atoms with Gasteiger partial charge in [0, 0.05) is 13.5 Å². The van der Waals surface area contributed by atoms with Gasteiger partial charge >= 0.3 is 0 Å². The van der Waals surface area contributed by atoms with Crippen molar-refractivity contribution in [2.75, 3.05) is 7.11 Å². The van der Waals surface area contributed by atoms with E-state index in [2.05, 4.69) is 27.7 Å². The molecule has 0 heterocycles. The van der Waals surface area contributed by atoms with Crippen molar-refractivity contribution in [3.63, 3.8) is 0 Å². The van der Waals surface area contributed by atoms with Gasteiger partial charge in [-0.25, -0.2) is 0 Å². The first-order valence-electron chi connectivity index (χ1n) is 12.6. The minimum absolute atomic E-state index is 0.300. The van der Waals surface area contributed by atoms with Crippen molar-refractivity contribution in [3.8, 4) is 0 Å². The van der Waals surface area contributed by atoms with Crippen LogP contribution in [0.15, 0.2) is 11.6 Å². The summed E-state index contributed by atoms with van der Waals surface area (Å²) in [5.74, 6) is 4.44. The van der Waals surface area contributed by atoms with Crippen molar-refractivity contribution in [2.45, 2.75) is 104 Å². The van der Waals surface area contributed by atoms with Crippen LogP contribution in [0.3, 0.4) is 0 Å². The molecule has 0 N–H and O–H groups in total. The smallest absolute Gasteiger partial charge is 0.155 e. The van der Waals surface area contributed by atoms with Crippen molar-refractivity contribution in [1.29, 1.82) is 0 Å². The Labute approximate surface area is 179 Å². The lowest BCUT2D eigenvalue weighted by atomic mass is 9.46. The molecule has 7 atom stereocenters. The molecule has 0 amide bonds. The molecule has 3 fully saturated rings. The summed E-state index contributed by atoms with van der Waals surface area (Å²) >= 11 is 0. The van der Waals surface area contributed by atoms with E-state index in [0.29, 0.717) is 22.7 Å². The third-order valence-corrected chi connectivity index (χ3v) is 10.1. The van der Waals surface area contributed by atoms with Gasteiger partial charge in [-0.1, -0.05) is 46.1 Å². The molecule has 4 aliphatic rings. The zero-order valence-electron chi connectivity index (χ0n) is 19.6. The Bertz CT molecular complexity index is 649. The van der Waals surface area contributed by atoms with Gasteiger partial charge in [-0.2, -0.15) is 0 Å². The molecule has 3 saturated carbocycles. The topological polar surface area (TPSA) is 26.3 Å². The van der Waals surface area contributed by atoms with E-state index in [1.165, 1.54) is 63.4 Å². The van der Waals surface area contributed by atoms with Gasteiger partial charge in [-0.15, -0.1) is 0 Å². The molecule has 0 aromatic rings. The summed E-state index contributed by atoms with van der Waals surface area (Å²) in [6, 6.07) is 0. The van der Waals surface area contributed by atoms with Gasteiger partial charge in [0.05, 0.1) is 6.10 Å². The maximum Gasteiger partial charge on any atom is 0.155 e. The minimum Gasteiger partial charge on any atom is -0.381 e. The summed E-state index contributed by atoms with van der Waals surface area (Å²) in [5, 5.41) is 0. The number of hydrogen-bond acceptors (Lipinski definition) is 2. The first kappa shape index (κ1) is 21.6. The first-order valence-corrected chi connectivity index (χ1v) is 12.6. The molecule has 0 aromatic carbocycles. The van der Waals surface area contributed by atoms with E-state index in [9.17, 15) is 4.79 Å². The van der Waals surface area contributed by atoms with Gasteiger partial charge in [-0.3, -0.25) is 4.79 Å². The molecule has 0 spiro atoms. The van der Waals surface area contributed by atoms with Crippen LogP contribution < -0.4 is 0 Å². The van der Waals surface area contributed by atoms with Crippen molar-refractivity contribution in [1.82, 2.24) is 0 Å². The van der Waals surface area contributed by atoms with Crippen LogP contribution in [-0.2, 0) is 9.53 Å². The maximum atomic E-state index is 12.0. The Kier molecular flexibility index (Phi) is 6.06. The number of rotatable bonds is 6. The fourth-order valence-electron chi connectivity index (χ4n) is 8.42. The molecule has 4 rings (SSSR count). The van der Waals surface area contributed by atoms with Gasteiger partial charge in [-0.05, 0) is 97.9 Å². The molecule has 4 unspecified atom stereocenters. The molecule has 0 saturated heterocycles. The normalized spacial score (nSPS) is 42.8. The average molecular weight is 401 g/mol. The van der Waals surface area contributed by atoms with E-state index >= 15 is 0 Å². The van der Waals surface area contributed by atoms with E-state index < -0.39 is 0 Å². The van der Waals surface area contributed by atoms with E-state index in [1.807, 2.05) is 13.2 Å². The zero-order chi connectivity index (χ0) is 20.8. The molecule has 4 aliphatic carbocycles. The Hall–Kier alpha value is -0.630. The molecule has 2 heteroatoms. The Morgan fingerprint density at radius 2 is 1.83 bits per heavy atom. The Balaban J connectivity index is 1.51. The fraction of sp³-hybridized carbons (Fsp3) is 0.889. The second-order valence-corrected chi connectivity index (χ2v) is 11.8. The molecule has 2 nitrogen and oxygen atoms in total. The third kappa shape index (κ3) is 3.66. The number of carbonyl (C=O) groups excluding carboxylic acids is 1. The number of allylic oxidation sites excluding steroid dienone is 1. The number of ketones is 1. The number of fused-ring (bicyclic) bond motifs is 5. The second kappa shape index (κ2) is 8.13. The van der Waals surface area contributed by atoms with Gasteiger partial charge < -0.3 is 4.74 Å². The van der Waals surface area contributed by atoms with Crippen LogP contribution in [0.1, 0.15) is 98.3 Å². The highest BCUT2D eigenvalue weighted by Gasteiger charge is 2.59. The largest absolute Gasteiger partial charge is 0.381 e. The van der Waals surface area contributed by atoms with Gasteiger partial charge in [0.15, 0.2) is 5.78 Å². The SMILES string of the molecule is CO[C@@H](CCCC(C)C)C1CCC2C3CCC4=CC(=O)CC[C@]4(C)C3CC[C@@]21C. The predicted octanol–water partition coefficient (Wildman–Crippen LogP) is 6.98. The lowest BCUT2D eigenvalue weighted by Crippen LogP contribution is -2.51. The summed E-state index contributed by atoms with van der Waals surface area (Å²) in [7, 11) is 1.96. The summed E-state index contributed by atoms with van der Waals surface area (Å²) in [6.07, 6.45) is 16.2. The van der Waals surface area contributed by atoms with Crippen molar-refractivity contribution < 1.29 is 9.53 Å². The molecule has 0 radical (unpaired) electrons. The van der Waals surface area contributed by atoms with Crippen molar-refractivity contribution in [3.05, 3.63) is 11.6 Å².